The molecule has 3 amide bonds. The molecule has 0 saturated carbocycles. The molecule has 0 bridgehead atoms. The highest BCUT2D eigenvalue weighted by molar-refractivity contribution is 6.07. The van der Waals surface area contributed by atoms with E-state index in [9.17, 15) is 14.7 Å². The standard InChI is InChI=1S/C23H23N3O4/c1-23(18-8-7-16-3-2-4-17(16)11-18)21(28)26(22(29)25-23)13-19(27)14-30-20-9-5-15(12-24)6-10-20/h5-11,19,27H,2-4,13-14H2,1H3,(H,25,29). The highest BCUT2D eigenvalue weighted by Gasteiger charge is 2.49. The molecule has 7 nitrogen and oxygen atoms in total. The number of aliphatic hydroxyl groups is 1. The zero-order valence-electron chi connectivity index (χ0n) is 16.7. The van der Waals surface area contributed by atoms with E-state index in [1.54, 1.807) is 31.2 Å². The maximum atomic E-state index is 13.1. The van der Waals surface area contributed by atoms with Crippen LogP contribution >= 0.6 is 0 Å². The van der Waals surface area contributed by atoms with Crippen LogP contribution < -0.4 is 10.1 Å². The zero-order chi connectivity index (χ0) is 21.3. The van der Waals surface area contributed by atoms with Crippen LogP contribution in [0, 0.1) is 11.3 Å². The first-order chi connectivity index (χ1) is 14.4. The summed E-state index contributed by atoms with van der Waals surface area (Å²) in [5.41, 5.74) is 2.64. The number of amides is 3. The lowest BCUT2D eigenvalue weighted by Gasteiger charge is -2.24. The Hall–Kier alpha value is -3.37. The summed E-state index contributed by atoms with van der Waals surface area (Å²) in [6.45, 7) is 1.45. The van der Waals surface area contributed by atoms with Crippen LogP contribution in [-0.2, 0) is 23.2 Å². The molecule has 0 aromatic heterocycles. The van der Waals surface area contributed by atoms with Crippen LogP contribution in [0.3, 0.4) is 0 Å². The van der Waals surface area contributed by atoms with E-state index in [0.29, 0.717) is 11.3 Å². The predicted octanol–water partition coefficient (Wildman–Crippen LogP) is 2.25. The average molecular weight is 405 g/mol. The van der Waals surface area contributed by atoms with Crippen molar-refractivity contribution >= 4 is 11.9 Å². The molecule has 7 heteroatoms. The molecule has 154 valence electrons. The molecule has 0 radical (unpaired) electrons. The minimum atomic E-state index is -1.15. The number of β-amino-alcohol motifs (C(OH)–C–C–N with tert-alkyl or cyclic N) is 1. The number of nitrogens with zero attached hydrogens (tertiary/aromatic N) is 2. The molecule has 2 aliphatic rings. The Kier molecular flexibility index (Phi) is 5.18. The Morgan fingerprint density at radius 3 is 2.67 bits per heavy atom. The van der Waals surface area contributed by atoms with Gasteiger partial charge in [-0.1, -0.05) is 18.2 Å². The number of aliphatic hydroxyl groups excluding tert-OH is 1. The number of nitriles is 1. The molecule has 2 aromatic carbocycles. The van der Waals surface area contributed by atoms with Crippen molar-refractivity contribution in [1.82, 2.24) is 10.2 Å². The number of carbonyl (C=O) groups is 2. The van der Waals surface area contributed by atoms with Gasteiger partial charge >= 0.3 is 6.03 Å². The summed E-state index contributed by atoms with van der Waals surface area (Å²) in [4.78, 5) is 26.6. The number of hydrogen-bond donors (Lipinski definition) is 2. The lowest BCUT2D eigenvalue weighted by Crippen LogP contribution is -2.42. The van der Waals surface area contributed by atoms with Crippen molar-refractivity contribution in [3.8, 4) is 11.8 Å². The molecule has 2 N–H and O–H groups in total. The van der Waals surface area contributed by atoms with Gasteiger partial charge in [-0.15, -0.1) is 0 Å². The van der Waals surface area contributed by atoms with Gasteiger partial charge in [0.2, 0.25) is 0 Å². The average Bonchev–Trinajstić information content (AvgIpc) is 3.31. The summed E-state index contributed by atoms with van der Waals surface area (Å²) < 4.78 is 5.51. The first-order valence-electron chi connectivity index (χ1n) is 9.98. The van der Waals surface area contributed by atoms with E-state index in [-0.39, 0.29) is 19.1 Å². The van der Waals surface area contributed by atoms with Crippen LogP contribution in [0.15, 0.2) is 42.5 Å². The fourth-order valence-electron chi connectivity index (χ4n) is 4.02. The predicted molar refractivity (Wildman–Crippen MR) is 109 cm³/mol. The minimum Gasteiger partial charge on any atom is -0.491 e. The van der Waals surface area contributed by atoms with Gasteiger partial charge in [-0.05, 0) is 67.1 Å². The quantitative estimate of drug-likeness (QED) is 0.718. The maximum Gasteiger partial charge on any atom is 0.325 e. The molecule has 1 saturated heterocycles. The molecule has 2 aromatic rings. The van der Waals surface area contributed by atoms with Crippen molar-refractivity contribution in [1.29, 1.82) is 5.26 Å². The highest BCUT2D eigenvalue weighted by Crippen LogP contribution is 2.32. The number of nitrogens with one attached hydrogen (secondary N) is 1. The number of carbonyl (C=O) groups excluding carboxylic acids is 2. The van der Waals surface area contributed by atoms with E-state index < -0.39 is 17.7 Å². The van der Waals surface area contributed by atoms with E-state index >= 15 is 0 Å². The van der Waals surface area contributed by atoms with Gasteiger partial charge in [-0.25, -0.2) is 4.79 Å². The Balaban J connectivity index is 1.41. The maximum absolute atomic E-state index is 13.1. The summed E-state index contributed by atoms with van der Waals surface area (Å²) in [5, 5.41) is 21.9. The lowest BCUT2D eigenvalue weighted by atomic mass is 9.89. The van der Waals surface area contributed by atoms with Gasteiger partial charge in [0.15, 0.2) is 0 Å². The minimum absolute atomic E-state index is 0.0848. The molecule has 30 heavy (non-hydrogen) atoms. The van der Waals surface area contributed by atoms with Crippen molar-refractivity contribution in [2.75, 3.05) is 13.2 Å². The number of hydrogen-bond acceptors (Lipinski definition) is 5. The molecular weight excluding hydrogens is 382 g/mol. The molecule has 1 aliphatic carbocycles. The Morgan fingerprint density at radius 1 is 1.20 bits per heavy atom. The van der Waals surface area contributed by atoms with Crippen molar-refractivity contribution < 1.29 is 19.4 Å². The molecule has 1 heterocycles. The van der Waals surface area contributed by atoms with Crippen LogP contribution in [0.2, 0.25) is 0 Å². The summed E-state index contributed by atoms with van der Waals surface area (Å²) >= 11 is 0. The first kappa shape index (κ1) is 19.9. The Morgan fingerprint density at radius 2 is 1.93 bits per heavy atom. The topological polar surface area (TPSA) is 103 Å². The summed E-state index contributed by atoms with van der Waals surface area (Å²) in [6.07, 6.45) is 2.09. The second-order valence-electron chi connectivity index (χ2n) is 7.91. The normalized spacial score (nSPS) is 21.2. The second kappa shape index (κ2) is 7.81. The molecule has 2 unspecified atom stereocenters. The van der Waals surface area contributed by atoms with Crippen LogP contribution in [0.4, 0.5) is 4.79 Å². The third-order valence-electron chi connectivity index (χ3n) is 5.77. The Bertz CT molecular complexity index is 1030. The number of ether oxygens (including phenoxy) is 1. The fraction of sp³-hybridized carbons (Fsp3) is 0.348. The van der Waals surface area contributed by atoms with E-state index in [1.807, 2.05) is 24.3 Å². The summed E-state index contributed by atoms with van der Waals surface area (Å²) in [7, 11) is 0. The summed E-state index contributed by atoms with van der Waals surface area (Å²) in [5.74, 6) is 0.107. The largest absolute Gasteiger partial charge is 0.491 e. The van der Waals surface area contributed by atoms with Crippen molar-refractivity contribution in [3.63, 3.8) is 0 Å². The fourth-order valence-corrected chi connectivity index (χ4v) is 4.02. The van der Waals surface area contributed by atoms with Gasteiger partial charge in [0, 0.05) is 0 Å². The zero-order valence-corrected chi connectivity index (χ0v) is 16.7. The lowest BCUT2D eigenvalue weighted by molar-refractivity contribution is -0.132. The summed E-state index contributed by atoms with van der Waals surface area (Å²) in [6, 6.07) is 13.9. The third kappa shape index (κ3) is 3.62. The molecule has 1 fully saturated rings. The van der Waals surface area contributed by atoms with Gasteiger partial charge in [-0.2, -0.15) is 5.26 Å². The van der Waals surface area contributed by atoms with Crippen LogP contribution in [-0.4, -0.2) is 41.2 Å². The van der Waals surface area contributed by atoms with Crippen LogP contribution in [0.5, 0.6) is 5.75 Å². The monoisotopic (exact) mass is 405 g/mol. The van der Waals surface area contributed by atoms with E-state index in [4.69, 9.17) is 10.00 Å². The third-order valence-corrected chi connectivity index (χ3v) is 5.77. The van der Waals surface area contributed by atoms with E-state index in [1.165, 1.54) is 11.1 Å². The van der Waals surface area contributed by atoms with Gasteiger partial charge in [0.1, 0.15) is 24.0 Å². The second-order valence-corrected chi connectivity index (χ2v) is 7.91. The van der Waals surface area contributed by atoms with Crippen LogP contribution in [0.25, 0.3) is 0 Å². The molecule has 2 atom stereocenters. The number of aryl methyl sites for hydroxylation is 2. The molecule has 4 rings (SSSR count). The molecular formula is C23H23N3O4. The SMILES string of the molecule is CC1(c2ccc3c(c2)CCC3)NC(=O)N(CC(O)COc2ccc(C#N)cc2)C1=O. The van der Waals surface area contributed by atoms with Crippen molar-refractivity contribution in [2.45, 2.75) is 37.8 Å². The number of urea groups is 1. The molecule has 1 aliphatic heterocycles. The van der Waals surface area contributed by atoms with Gasteiger partial charge in [0.25, 0.3) is 5.91 Å². The number of benzene rings is 2. The number of rotatable bonds is 6. The number of imide groups is 1. The van der Waals surface area contributed by atoms with E-state index in [2.05, 4.69) is 5.32 Å². The van der Waals surface area contributed by atoms with Gasteiger partial charge in [-0.3, -0.25) is 9.69 Å². The molecule has 0 spiro atoms. The number of fused-ring (bicyclic) bond motifs is 1. The van der Waals surface area contributed by atoms with Crippen molar-refractivity contribution in [3.05, 3.63) is 64.7 Å². The smallest absolute Gasteiger partial charge is 0.325 e. The van der Waals surface area contributed by atoms with Crippen molar-refractivity contribution in [2.24, 2.45) is 0 Å². The Labute approximate surface area is 174 Å². The first-order valence-corrected chi connectivity index (χ1v) is 9.98. The van der Waals surface area contributed by atoms with Gasteiger partial charge in [0.05, 0.1) is 18.2 Å². The van der Waals surface area contributed by atoms with Gasteiger partial charge < -0.3 is 15.2 Å². The highest BCUT2D eigenvalue weighted by atomic mass is 16.5. The van der Waals surface area contributed by atoms with E-state index in [0.717, 1.165) is 29.7 Å². The van der Waals surface area contributed by atoms with Crippen LogP contribution in [0.1, 0.15) is 35.6 Å².